The molecule has 0 radical (unpaired) electrons. The first-order chi connectivity index (χ1) is 7.27. The Kier molecular flexibility index (Phi) is 2.82. The van der Waals surface area contributed by atoms with Gasteiger partial charge in [0.1, 0.15) is 11.3 Å². The number of hydrogen-bond acceptors (Lipinski definition) is 4. The molecule has 0 fully saturated rings. The zero-order valence-corrected chi connectivity index (χ0v) is 9.00. The van der Waals surface area contributed by atoms with Gasteiger partial charge in [-0.05, 0) is 29.3 Å². The molecule has 0 unspecified atom stereocenters. The van der Waals surface area contributed by atoms with Crippen molar-refractivity contribution in [3.63, 3.8) is 0 Å². The van der Waals surface area contributed by atoms with Crippen LogP contribution < -0.4 is 5.32 Å². The predicted molar refractivity (Wildman–Crippen MR) is 56.7 cm³/mol. The molecule has 1 N–H and O–H groups in total. The van der Waals surface area contributed by atoms with Gasteiger partial charge in [0.25, 0.3) is 5.91 Å². The maximum Gasteiger partial charge on any atom is 0.256 e. The van der Waals surface area contributed by atoms with Crippen LogP contribution in [0.25, 0.3) is 0 Å². The Labute approximate surface area is 90.9 Å². The van der Waals surface area contributed by atoms with Crippen LogP contribution in [-0.2, 0) is 6.54 Å². The maximum absolute atomic E-state index is 11.6. The topological polar surface area (TPSA) is 55.1 Å². The first kappa shape index (κ1) is 9.92. The number of aromatic nitrogens is 1. The number of amides is 1. The summed E-state index contributed by atoms with van der Waals surface area (Å²) in [7, 11) is 0. The van der Waals surface area contributed by atoms with Crippen LogP contribution in [0.2, 0.25) is 0 Å². The van der Waals surface area contributed by atoms with E-state index in [4.69, 9.17) is 4.52 Å². The van der Waals surface area contributed by atoms with Gasteiger partial charge in [-0.15, -0.1) is 0 Å². The Hall–Kier alpha value is -1.62. The molecule has 0 bridgehead atoms. The number of carbonyl (C=O) groups excluding carboxylic acids is 1. The van der Waals surface area contributed by atoms with Gasteiger partial charge in [0.15, 0.2) is 0 Å². The molecule has 1 amide bonds. The summed E-state index contributed by atoms with van der Waals surface area (Å²) in [6.45, 7) is 2.25. The van der Waals surface area contributed by atoms with E-state index in [0.717, 1.165) is 5.56 Å². The largest absolute Gasteiger partial charge is 0.361 e. The van der Waals surface area contributed by atoms with E-state index in [1.54, 1.807) is 18.3 Å². The molecule has 2 rings (SSSR count). The fourth-order valence-electron chi connectivity index (χ4n) is 1.19. The lowest BCUT2D eigenvalue weighted by Gasteiger charge is -2.01. The molecule has 78 valence electrons. The molecule has 0 spiro atoms. The Morgan fingerprint density at radius 3 is 3.13 bits per heavy atom. The number of nitrogens with one attached hydrogen (secondary N) is 1. The molecule has 0 aromatic carbocycles. The summed E-state index contributed by atoms with van der Waals surface area (Å²) in [6.07, 6.45) is 1.43. The van der Waals surface area contributed by atoms with Gasteiger partial charge in [-0.25, -0.2) is 0 Å². The van der Waals surface area contributed by atoms with Gasteiger partial charge in [-0.3, -0.25) is 4.79 Å². The van der Waals surface area contributed by atoms with E-state index >= 15 is 0 Å². The molecule has 15 heavy (non-hydrogen) atoms. The SMILES string of the molecule is Cc1oncc1C(=O)NCc1ccsc1. The van der Waals surface area contributed by atoms with E-state index in [1.165, 1.54) is 6.20 Å². The van der Waals surface area contributed by atoms with Gasteiger partial charge in [0.05, 0.1) is 6.20 Å². The first-order valence-electron chi connectivity index (χ1n) is 4.48. The van der Waals surface area contributed by atoms with Crippen LogP contribution in [-0.4, -0.2) is 11.1 Å². The summed E-state index contributed by atoms with van der Waals surface area (Å²) in [6, 6.07) is 1.98. The highest BCUT2D eigenvalue weighted by atomic mass is 32.1. The number of nitrogens with zero attached hydrogens (tertiary/aromatic N) is 1. The zero-order chi connectivity index (χ0) is 10.7. The van der Waals surface area contributed by atoms with Crippen molar-refractivity contribution in [3.05, 3.63) is 39.9 Å². The molecule has 0 aliphatic rings. The van der Waals surface area contributed by atoms with Gasteiger partial charge in [-0.1, -0.05) is 5.16 Å². The van der Waals surface area contributed by atoms with E-state index < -0.39 is 0 Å². The summed E-state index contributed by atoms with van der Waals surface area (Å²) >= 11 is 1.61. The minimum absolute atomic E-state index is 0.153. The number of thiophene rings is 1. The second kappa shape index (κ2) is 4.27. The van der Waals surface area contributed by atoms with Gasteiger partial charge < -0.3 is 9.84 Å². The lowest BCUT2D eigenvalue weighted by Crippen LogP contribution is -2.22. The molecule has 4 nitrogen and oxygen atoms in total. The van der Waals surface area contributed by atoms with Crippen molar-refractivity contribution in [1.29, 1.82) is 0 Å². The minimum Gasteiger partial charge on any atom is -0.361 e. The molecule has 0 atom stereocenters. The third-order valence-corrected chi connectivity index (χ3v) is 2.76. The van der Waals surface area contributed by atoms with Crippen molar-refractivity contribution in [2.75, 3.05) is 0 Å². The van der Waals surface area contributed by atoms with E-state index in [1.807, 2.05) is 16.8 Å². The maximum atomic E-state index is 11.6. The van der Waals surface area contributed by atoms with Crippen molar-refractivity contribution in [2.24, 2.45) is 0 Å². The Morgan fingerprint density at radius 2 is 2.53 bits per heavy atom. The van der Waals surface area contributed by atoms with E-state index in [0.29, 0.717) is 17.9 Å². The van der Waals surface area contributed by atoms with Crippen LogP contribution >= 0.6 is 11.3 Å². The second-order valence-electron chi connectivity index (χ2n) is 3.11. The Balaban J connectivity index is 1.96. The summed E-state index contributed by atoms with van der Waals surface area (Å²) in [5.41, 5.74) is 1.59. The van der Waals surface area contributed by atoms with Gasteiger partial charge in [0, 0.05) is 6.54 Å². The molecule has 0 saturated heterocycles. The Morgan fingerprint density at radius 1 is 1.67 bits per heavy atom. The second-order valence-corrected chi connectivity index (χ2v) is 3.89. The van der Waals surface area contributed by atoms with Crippen LogP contribution in [0.4, 0.5) is 0 Å². The van der Waals surface area contributed by atoms with Gasteiger partial charge >= 0.3 is 0 Å². The van der Waals surface area contributed by atoms with E-state index in [9.17, 15) is 4.79 Å². The third-order valence-electron chi connectivity index (χ3n) is 2.03. The molecule has 2 aromatic rings. The van der Waals surface area contributed by atoms with Crippen LogP contribution in [0, 0.1) is 6.92 Å². The van der Waals surface area contributed by atoms with Crippen molar-refractivity contribution in [2.45, 2.75) is 13.5 Å². The summed E-state index contributed by atoms with van der Waals surface area (Å²) in [5.74, 6) is 0.387. The zero-order valence-electron chi connectivity index (χ0n) is 8.19. The van der Waals surface area contributed by atoms with Crippen molar-refractivity contribution in [3.8, 4) is 0 Å². The summed E-state index contributed by atoms with van der Waals surface area (Å²) < 4.78 is 4.81. The van der Waals surface area contributed by atoms with Crippen LogP contribution in [0.5, 0.6) is 0 Å². The molecule has 2 heterocycles. The van der Waals surface area contributed by atoms with Crippen molar-refractivity contribution in [1.82, 2.24) is 10.5 Å². The highest BCUT2D eigenvalue weighted by Crippen LogP contribution is 2.08. The number of carbonyl (C=O) groups is 1. The minimum atomic E-state index is -0.153. The lowest BCUT2D eigenvalue weighted by atomic mass is 10.2. The monoisotopic (exact) mass is 222 g/mol. The first-order valence-corrected chi connectivity index (χ1v) is 5.42. The molecular weight excluding hydrogens is 212 g/mol. The van der Waals surface area contributed by atoms with E-state index in [2.05, 4.69) is 10.5 Å². The van der Waals surface area contributed by atoms with Gasteiger partial charge in [0.2, 0.25) is 0 Å². The highest BCUT2D eigenvalue weighted by Gasteiger charge is 2.11. The van der Waals surface area contributed by atoms with Crippen LogP contribution in [0.15, 0.2) is 27.5 Å². The average Bonchev–Trinajstić information content (AvgIpc) is 2.84. The smallest absolute Gasteiger partial charge is 0.256 e. The Bertz CT molecular complexity index is 448. The van der Waals surface area contributed by atoms with E-state index in [-0.39, 0.29) is 5.91 Å². The molecular formula is C10H10N2O2S. The summed E-state index contributed by atoms with van der Waals surface area (Å²) in [5, 5.41) is 10.3. The van der Waals surface area contributed by atoms with Crippen LogP contribution in [0.3, 0.4) is 0 Å². The molecule has 2 aromatic heterocycles. The molecule has 0 aliphatic heterocycles. The average molecular weight is 222 g/mol. The molecule has 0 saturated carbocycles. The number of hydrogen-bond donors (Lipinski definition) is 1. The van der Waals surface area contributed by atoms with Crippen molar-refractivity contribution >= 4 is 17.2 Å². The third kappa shape index (κ3) is 2.24. The number of aryl methyl sites for hydroxylation is 1. The van der Waals surface area contributed by atoms with Gasteiger partial charge in [-0.2, -0.15) is 11.3 Å². The lowest BCUT2D eigenvalue weighted by molar-refractivity contribution is 0.0949. The highest BCUT2D eigenvalue weighted by molar-refractivity contribution is 7.07. The normalized spacial score (nSPS) is 10.2. The quantitative estimate of drug-likeness (QED) is 0.863. The van der Waals surface area contributed by atoms with Crippen molar-refractivity contribution < 1.29 is 9.32 Å². The van der Waals surface area contributed by atoms with Crippen LogP contribution in [0.1, 0.15) is 21.7 Å². The predicted octanol–water partition coefficient (Wildman–Crippen LogP) is 1.97. The standard InChI is InChI=1S/C10H10N2O2S/c1-7-9(5-12-14-7)10(13)11-4-8-2-3-15-6-8/h2-3,5-6H,4H2,1H3,(H,11,13). The molecule has 0 aliphatic carbocycles. The fraction of sp³-hybridized carbons (Fsp3) is 0.200. The molecule has 5 heteroatoms. The summed E-state index contributed by atoms with van der Waals surface area (Å²) in [4.78, 5) is 11.6. The fourth-order valence-corrected chi connectivity index (χ4v) is 1.86. The number of rotatable bonds is 3.